The second kappa shape index (κ2) is 9.69. The number of nitrogens with zero attached hydrogens (tertiary/aromatic N) is 1. The lowest BCUT2D eigenvalue weighted by Gasteiger charge is -2.16. The van der Waals surface area contributed by atoms with Crippen LogP contribution < -0.4 is 15.8 Å². The van der Waals surface area contributed by atoms with Crippen LogP contribution in [0, 0.1) is 5.92 Å². The lowest BCUT2D eigenvalue weighted by molar-refractivity contribution is -0.132. The van der Waals surface area contributed by atoms with Crippen LogP contribution in [0.25, 0.3) is 0 Å². The van der Waals surface area contributed by atoms with Crippen molar-refractivity contribution in [3.05, 3.63) is 53.6 Å². The molecular formula is C21H27N3O5. The highest BCUT2D eigenvalue weighted by atomic mass is 16.5. The Hall–Kier alpha value is -2.68. The van der Waals surface area contributed by atoms with E-state index in [1.54, 1.807) is 12.1 Å². The average molecular weight is 401 g/mol. The molecule has 1 aromatic carbocycles. The summed E-state index contributed by atoms with van der Waals surface area (Å²) in [6, 6.07) is 7.12. The van der Waals surface area contributed by atoms with Gasteiger partial charge in [0.05, 0.1) is 18.1 Å². The van der Waals surface area contributed by atoms with E-state index in [-0.39, 0.29) is 37.4 Å². The third-order valence-electron chi connectivity index (χ3n) is 5.11. The number of carbonyl (C=O) groups is 2. The van der Waals surface area contributed by atoms with Crippen molar-refractivity contribution in [1.29, 1.82) is 0 Å². The standard InChI is InChI=1S/C21H27N3O5/c22-9-14-1-5-16(6-2-14)21(28)23-10-15-3-7-17(8-4-15)29-13-20(27)24-11-18(25)19(26)12-24/h1-5,7-8,16,18-19,25-26H,6,9-13,22H2,(H,23,28)/t16?,18-,19-/m0/s1. The molecule has 1 aliphatic heterocycles. The van der Waals surface area contributed by atoms with Gasteiger partial charge in [0.25, 0.3) is 5.91 Å². The van der Waals surface area contributed by atoms with E-state index < -0.39 is 12.2 Å². The van der Waals surface area contributed by atoms with Gasteiger partial charge in [0.2, 0.25) is 5.91 Å². The molecule has 0 radical (unpaired) electrons. The van der Waals surface area contributed by atoms with Crippen LogP contribution in [0.2, 0.25) is 0 Å². The van der Waals surface area contributed by atoms with Crippen molar-refractivity contribution in [3.63, 3.8) is 0 Å². The fourth-order valence-corrected chi connectivity index (χ4v) is 3.24. The Morgan fingerprint density at radius 1 is 1.17 bits per heavy atom. The molecule has 1 saturated heterocycles. The predicted octanol–water partition coefficient (Wildman–Crippen LogP) is -0.293. The molecule has 2 amide bonds. The first kappa shape index (κ1) is 21.0. The lowest BCUT2D eigenvalue weighted by Crippen LogP contribution is -2.33. The minimum absolute atomic E-state index is 0.0329. The van der Waals surface area contributed by atoms with Gasteiger partial charge in [0.1, 0.15) is 5.75 Å². The topological polar surface area (TPSA) is 125 Å². The number of benzene rings is 1. The maximum absolute atomic E-state index is 12.3. The number of β-amino-alcohol motifs (C(OH)–C–C–N with tert-alkyl or cyclic N) is 2. The molecule has 3 rings (SSSR count). The van der Waals surface area contributed by atoms with Gasteiger partial charge in [0.15, 0.2) is 6.61 Å². The zero-order chi connectivity index (χ0) is 20.8. The first-order valence-electron chi connectivity index (χ1n) is 9.67. The molecular weight excluding hydrogens is 374 g/mol. The Morgan fingerprint density at radius 3 is 2.45 bits per heavy atom. The number of ether oxygens (including phenoxy) is 1. The van der Waals surface area contributed by atoms with E-state index in [1.807, 2.05) is 30.4 Å². The van der Waals surface area contributed by atoms with Crippen LogP contribution in [0.15, 0.2) is 48.1 Å². The summed E-state index contributed by atoms with van der Waals surface area (Å²) in [5.74, 6) is 0.0312. The third-order valence-corrected chi connectivity index (χ3v) is 5.11. The molecule has 1 unspecified atom stereocenters. The fraction of sp³-hybridized carbons (Fsp3) is 0.429. The molecule has 8 heteroatoms. The minimum Gasteiger partial charge on any atom is -0.484 e. The van der Waals surface area contributed by atoms with Crippen molar-refractivity contribution in [2.24, 2.45) is 11.7 Å². The third kappa shape index (κ3) is 5.66. The molecule has 1 fully saturated rings. The van der Waals surface area contributed by atoms with Gasteiger partial charge in [-0.05, 0) is 29.7 Å². The molecule has 0 spiro atoms. The Labute approximate surface area is 169 Å². The van der Waals surface area contributed by atoms with Crippen molar-refractivity contribution in [2.75, 3.05) is 26.2 Å². The smallest absolute Gasteiger partial charge is 0.260 e. The molecule has 0 saturated carbocycles. The number of aliphatic hydroxyl groups is 2. The fourth-order valence-electron chi connectivity index (χ4n) is 3.24. The van der Waals surface area contributed by atoms with Crippen molar-refractivity contribution in [3.8, 4) is 5.75 Å². The van der Waals surface area contributed by atoms with Crippen molar-refractivity contribution < 1.29 is 24.5 Å². The molecule has 0 aromatic heterocycles. The molecule has 1 aliphatic carbocycles. The van der Waals surface area contributed by atoms with Crippen LogP contribution in [-0.2, 0) is 16.1 Å². The largest absolute Gasteiger partial charge is 0.484 e. The van der Waals surface area contributed by atoms with Gasteiger partial charge in [-0.25, -0.2) is 0 Å². The summed E-state index contributed by atoms with van der Waals surface area (Å²) >= 11 is 0. The number of rotatable bonds is 7. The molecule has 1 aromatic rings. The first-order valence-corrected chi connectivity index (χ1v) is 9.67. The number of nitrogens with one attached hydrogen (secondary N) is 1. The van der Waals surface area contributed by atoms with Crippen LogP contribution in [0.1, 0.15) is 12.0 Å². The predicted molar refractivity (Wildman–Crippen MR) is 107 cm³/mol. The maximum atomic E-state index is 12.3. The second-order valence-corrected chi connectivity index (χ2v) is 7.27. The molecule has 156 valence electrons. The molecule has 8 nitrogen and oxygen atoms in total. The van der Waals surface area contributed by atoms with E-state index in [9.17, 15) is 19.8 Å². The summed E-state index contributed by atoms with van der Waals surface area (Å²) in [4.78, 5) is 25.7. The summed E-state index contributed by atoms with van der Waals surface area (Å²) in [7, 11) is 0. The van der Waals surface area contributed by atoms with E-state index in [0.717, 1.165) is 11.1 Å². The number of aliphatic hydroxyl groups excluding tert-OH is 2. The Morgan fingerprint density at radius 2 is 1.86 bits per heavy atom. The Bertz CT molecular complexity index is 780. The summed E-state index contributed by atoms with van der Waals surface area (Å²) in [5.41, 5.74) is 7.54. The number of nitrogens with two attached hydrogens (primary N) is 1. The van der Waals surface area contributed by atoms with Gasteiger partial charge in [-0.15, -0.1) is 0 Å². The Kier molecular flexibility index (Phi) is 7.03. The van der Waals surface area contributed by atoms with Gasteiger partial charge in [0, 0.05) is 26.2 Å². The number of allylic oxidation sites excluding steroid dienone is 1. The van der Waals surface area contributed by atoms with E-state index in [0.29, 0.717) is 25.3 Å². The number of hydrogen-bond acceptors (Lipinski definition) is 6. The normalized spacial score (nSPS) is 23.6. The van der Waals surface area contributed by atoms with Gasteiger partial charge in [-0.2, -0.15) is 0 Å². The van der Waals surface area contributed by atoms with Gasteiger partial charge in [-0.3, -0.25) is 9.59 Å². The minimum atomic E-state index is -0.906. The molecule has 0 bridgehead atoms. The van der Waals surface area contributed by atoms with Crippen molar-refractivity contribution >= 4 is 11.8 Å². The lowest BCUT2D eigenvalue weighted by atomic mass is 9.96. The van der Waals surface area contributed by atoms with Gasteiger partial charge >= 0.3 is 0 Å². The zero-order valence-corrected chi connectivity index (χ0v) is 16.2. The number of hydrogen-bond donors (Lipinski definition) is 4. The highest BCUT2D eigenvalue weighted by Gasteiger charge is 2.32. The van der Waals surface area contributed by atoms with Gasteiger partial charge in [-0.1, -0.05) is 30.4 Å². The van der Waals surface area contributed by atoms with E-state index in [2.05, 4.69) is 5.32 Å². The molecule has 29 heavy (non-hydrogen) atoms. The number of likely N-dealkylation sites (tertiary alicyclic amines) is 1. The summed E-state index contributed by atoms with van der Waals surface area (Å²) < 4.78 is 5.48. The summed E-state index contributed by atoms with van der Waals surface area (Å²) in [6.45, 7) is 0.942. The van der Waals surface area contributed by atoms with Crippen molar-refractivity contribution in [2.45, 2.75) is 25.2 Å². The molecule has 2 aliphatic rings. The molecule has 3 atom stereocenters. The average Bonchev–Trinajstić information content (AvgIpc) is 3.09. The maximum Gasteiger partial charge on any atom is 0.260 e. The summed E-state index contributed by atoms with van der Waals surface area (Å²) in [5, 5.41) is 21.9. The quantitative estimate of drug-likeness (QED) is 0.497. The molecule has 5 N–H and O–H groups in total. The van der Waals surface area contributed by atoms with Crippen LogP contribution in [0.3, 0.4) is 0 Å². The monoisotopic (exact) mass is 401 g/mol. The van der Waals surface area contributed by atoms with Crippen LogP contribution in [-0.4, -0.2) is 65.4 Å². The van der Waals surface area contributed by atoms with Crippen LogP contribution >= 0.6 is 0 Å². The Balaban J connectivity index is 1.41. The SMILES string of the molecule is NCC1=CCC(C(=O)NCc2ccc(OCC(=O)N3C[C@H](O)[C@@H](O)C3)cc2)C=C1. The van der Waals surface area contributed by atoms with Crippen LogP contribution in [0.4, 0.5) is 0 Å². The highest BCUT2D eigenvalue weighted by Crippen LogP contribution is 2.17. The van der Waals surface area contributed by atoms with E-state index >= 15 is 0 Å². The van der Waals surface area contributed by atoms with Crippen LogP contribution in [0.5, 0.6) is 5.75 Å². The van der Waals surface area contributed by atoms with Gasteiger partial charge < -0.3 is 30.9 Å². The highest BCUT2D eigenvalue weighted by molar-refractivity contribution is 5.81. The first-order chi connectivity index (χ1) is 14.0. The number of carbonyl (C=O) groups excluding carboxylic acids is 2. The molecule has 1 heterocycles. The zero-order valence-electron chi connectivity index (χ0n) is 16.2. The second-order valence-electron chi connectivity index (χ2n) is 7.27. The summed E-state index contributed by atoms with van der Waals surface area (Å²) in [6.07, 6.45) is 4.60. The van der Waals surface area contributed by atoms with E-state index in [1.165, 1.54) is 4.90 Å². The van der Waals surface area contributed by atoms with Crippen molar-refractivity contribution in [1.82, 2.24) is 10.2 Å². The number of amides is 2. The van der Waals surface area contributed by atoms with E-state index in [4.69, 9.17) is 10.5 Å².